The second kappa shape index (κ2) is 6.40. The average molecular weight is 371 g/mol. The molecule has 0 unspecified atom stereocenters. The van der Waals surface area contributed by atoms with Crippen LogP contribution >= 0.6 is 0 Å². The molecule has 6 nitrogen and oxygen atoms in total. The Kier molecular flexibility index (Phi) is 4.17. The molecule has 1 aliphatic heterocycles. The van der Waals surface area contributed by atoms with E-state index >= 15 is 0 Å². The zero-order valence-electron chi connectivity index (χ0n) is 14.6. The minimum Gasteiger partial charge on any atom is -0.453 e. The lowest BCUT2D eigenvalue weighted by atomic mass is 9.85. The monoisotopic (exact) mass is 371 g/mol. The van der Waals surface area contributed by atoms with Crippen LogP contribution in [0.2, 0.25) is 0 Å². The molecule has 1 aromatic rings. The maximum atomic E-state index is 12.9. The third kappa shape index (κ3) is 2.87. The van der Waals surface area contributed by atoms with Gasteiger partial charge in [-0.05, 0) is 49.4 Å². The topological polar surface area (TPSA) is 80.8 Å². The molecule has 0 N–H and O–H groups in total. The molecule has 1 aromatic carbocycles. The smallest absolute Gasteiger partial charge is 0.326 e. The first-order chi connectivity index (χ1) is 12.9. The van der Waals surface area contributed by atoms with Gasteiger partial charge >= 0.3 is 5.97 Å². The summed E-state index contributed by atoms with van der Waals surface area (Å²) in [6.45, 7) is 0.904. The van der Waals surface area contributed by atoms with Crippen LogP contribution in [0.15, 0.2) is 36.4 Å². The summed E-state index contributed by atoms with van der Waals surface area (Å²) in [4.78, 5) is 50.5. The predicted octanol–water partition coefficient (Wildman–Crippen LogP) is 1.75. The molecule has 1 saturated carbocycles. The number of allylic oxidation sites excluding steroid dienone is 2. The lowest BCUT2D eigenvalue weighted by molar-refractivity contribution is -0.155. The largest absolute Gasteiger partial charge is 0.453 e. The van der Waals surface area contributed by atoms with Crippen molar-refractivity contribution >= 4 is 23.6 Å². The number of rotatable bonds is 5. The zero-order chi connectivity index (χ0) is 19.3. The van der Waals surface area contributed by atoms with Crippen LogP contribution in [0.4, 0.5) is 4.39 Å². The van der Waals surface area contributed by atoms with E-state index in [0.29, 0.717) is 0 Å². The molecular weight excluding hydrogens is 353 g/mol. The summed E-state index contributed by atoms with van der Waals surface area (Å²) in [5.41, 5.74) is 0.210. The van der Waals surface area contributed by atoms with Crippen molar-refractivity contribution in [3.05, 3.63) is 47.8 Å². The highest BCUT2D eigenvalue weighted by Crippen LogP contribution is 2.52. The van der Waals surface area contributed by atoms with Crippen LogP contribution in [-0.2, 0) is 19.1 Å². The van der Waals surface area contributed by atoms with Gasteiger partial charge in [0.05, 0.1) is 11.8 Å². The van der Waals surface area contributed by atoms with Gasteiger partial charge in [0.15, 0.2) is 6.10 Å². The van der Waals surface area contributed by atoms with E-state index in [0.717, 1.165) is 23.5 Å². The van der Waals surface area contributed by atoms with E-state index in [4.69, 9.17) is 4.74 Å². The summed E-state index contributed by atoms with van der Waals surface area (Å²) in [5, 5.41) is 0. The van der Waals surface area contributed by atoms with Crippen LogP contribution in [0.1, 0.15) is 23.7 Å². The molecule has 1 heterocycles. The first-order valence-electron chi connectivity index (χ1n) is 8.89. The number of ether oxygens (including phenoxy) is 1. The molecule has 27 heavy (non-hydrogen) atoms. The van der Waals surface area contributed by atoms with Gasteiger partial charge in [-0.15, -0.1) is 0 Å². The zero-order valence-corrected chi connectivity index (χ0v) is 14.6. The van der Waals surface area contributed by atoms with Crippen molar-refractivity contribution in [3.8, 4) is 0 Å². The van der Waals surface area contributed by atoms with Crippen molar-refractivity contribution in [3.63, 3.8) is 0 Å². The number of ketones is 1. The number of carbonyl (C=O) groups is 4. The van der Waals surface area contributed by atoms with Gasteiger partial charge in [-0.1, -0.05) is 12.2 Å². The Balaban J connectivity index is 1.38. The lowest BCUT2D eigenvalue weighted by Crippen LogP contribution is -2.39. The Labute approximate surface area is 155 Å². The maximum Gasteiger partial charge on any atom is 0.326 e. The molecule has 1 saturated heterocycles. The Bertz CT molecular complexity index is 832. The number of amides is 2. The standard InChI is InChI=1S/C20H18FNO5/c1-10(18(24)11-4-6-14(21)7-5-11)27-15(23)9-22-19(25)16-12-2-3-13(8-12)17(16)20(22)26/h2-7,10,12-13,16-17H,8-9H2,1H3/t10-,12-,13-,16-,17+/m0/s1. The summed E-state index contributed by atoms with van der Waals surface area (Å²) in [5.74, 6) is -3.07. The highest BCUT2D eigenvalue weighted by Gasteiger charge is 2.59. The van der Waals surface area contributed by atoms with Crippen LogP contribution in [0.25, 0.3) is 0 Å². The molecular formula is C20H18FNO5. The van der Waals surface area contributed by atoms with Crippen LogP contribution in [0.3, 0.4) is 0 Å². The summed E-state index contributed by atoms with van der Waals surface area (Å²) in [7, 11) is 0. The number of benzene rings is 1. The number of carbonyl (C=O) groups excluding carboxylic acids is 4. The minimum atomic E-state index is -1.10. The van der Waals surface area contributed by atoms with Crippen molar-refractivity contribution in [2.75, 3.05) is 6.54 Å². The lowest BCUT2D eigenvalue weighted by Gasteiger charge is -2.18. The number of imide groups is 1. The van der Waals surface area contributed by atoms with Gasteiger partial charge in [-0.3, -0.25) is 24.1 Å². The number of fused-ring (bicyclic) bond motifs is 5. The van der Waals surface area contributed by atoms with Crippen LogP contribution in [0.5, 0.6) is 0 Å². The molecule has 140 valence electrons. The third-order valence-electron chi connectivity index (χ3n) is 5.66. The van der Waals surface area contributed by atoms with Crippen LogP contribution < -0.4 is 0 Å². The van der Waals surface area contributed by atoms with Crippen molar-refractivity contribution in [2.45, 2.75) is 19.4 Å². The summed E-state index contributed by atoms with van der Waals surface area (Å²) in [6.07, 6.45) is 3.66. The maximum absolute atomic E-state index is 12.9. The normalized spacial score (nSPS) is 29.2. The van der Waals surface area contributed by atoms with E-state index in [1.165, 1.54) is 19.1 Å². The van der Waals surface area contributed by atoms with Gasteiger partial charge < -0.3 is 4.74 Å². The van der Waals surface area contributed by atoms with Gasteiger partial charge in [0.25, 0.3) is 0 Å². The Morgan fingerprint density at radius 1 is 1.11 bits per heavy atom. The first-order valence-corrected chi connectivity index (χ1v) is 8.89. The number of esters is 1. The number of nitrogens with zero attached hydrogens (tertiary/aromatic N) is 1. The second-order valence-corrected chi connectivity index (χ2v) is 7.27. The van der Waals surface area contributed by atoms with Gasteiger partial charge in [0.1, 0.15) is 12.4 Å². The second-order valence-electron chi connectivity index (χ2n) is 7.27. The van der Waals surface area contributed by atoms with Crippen molar-refractivity contribution in [1.82, 2.24) is 4.90 Å². The van der Waals surface area contributed by atoms with E-state index < -0.39 is 30.2 Å². The molecule has 2 aliphatic carbocycles. The van der Waals surface area contributed by atoms with Crippen LogP contribution in [-0.4, -0.2) is 41.1 Å². The van der Waals surface area contributed by atoms with E-state index in [1.807, 2.05) is 12.2 Å². The van der Waals surface area contributed by atoms with E-state index in [9.17, 15) is 23.6 Å². The van der Waals surface area contributed by atoms with Crippen molar-refractivity contribution in [1.29, 1.82) is 0 Å². The van der Waals surface area contributed by atoms with Crippen LogP contribution in [0, 0.1) is 29.5 Å². The molecule has 2 fully saturated rings. The molecule has 7 heteroatoms. The average Bonchev–Trinajstić information content (AvgIpc) is 3.32. The molecule has 5 atom stereocenters. The molecule has 4 rings (SSSR count). The van der Waals surface area contributed by atoms with Gasteiger partial charge in [0.2, 0.25) is 17.6 Å². The third-order valence-corrected chi connectivity index (χ3v) is 5.66. The Hall–Kier alpha value is -2.83. The molecule has 2 amide bonds. The highest BCUT2D eigenvalue weighted by molar-refractivity contribution is 6.08. The molecule has 2 bridgehead atoms. The summed E-state index contributed by atoms with van der Waals surface area (Å²) >= 11 is 0. The summed E-state index contributed by atoms with van der Waals surface area (Å²) < 4.78 is 18.1. The number of hydrogen-bond acceptors (Lipinski definition) is 5. The predicted molar refractivity (Wildman–Crippen MR) is 90.7 cm³/mol. The number of hydrogen-bond donors (Lipinski definition) is 0. The van der Waals surface area contributed by atoms with Gasteiger partial charge in [-0.2, -0.15) is 0 Å². The van der Waals surface area contributed by atoms with E-state index in [2.05, 4.69) is 0 Å². The van der Waals surface area contributed by atoms with Gasteiger partial charge in [0, 0.05) is 5.56 Å². The minimum absolute atomic E-state index is 0.0662. The number of halogens is 1. The fraction of sp³-hybridized carbons (Fsp3) is 0.400. The number of likely N-dealkylation sites (tertiary alicyclic amines) is 1. The molecule has 0 radical (unpaired) electrons. The fourth-order valence-electron chi connectivity index (χ4n) is 4.39. The van der Waals surface area contributed by atoms with Crippen molar-refractivity contribution in [2.24, 2.45) is 23.7 Å². The Morgan fingerprint density at radius 2 is 1.67 bits per heavy atom. The highest BCUT2D eigenvalue weighted by atomic mass is 19.1. The Morgan fingerprint density at radius 3 is 2.22 bits per heavy atom. The summed E-state index contributed by atoms with van der Waals surface area (Å²) in [6, 6.07) is 4.90. The van der Waals surface area contributed by atoms with E-state index in [-0.39, 0.29) is 41.0 Å². The molecule has 3 aliphatic rings. The molecule has 0 aromatic heterocycles. The SMILES string of the molecule is C[C@H](OC(=O)CN1C(=O)[C@@H]2[C@H](C1=O)[C@H]1C=C[C@H]2C1)C(=O)c1ccc(F)cc1. The molecule has 0 spiro atoms. The first kappa shape index (κ1) is 17.6. The van der Waals surface area contributed by atoms with E-state index in [1.54, 1.807) is 0 Å². The fourth-order valence-corrected chi connectivity index (χ4v) is 4.39. The quantitative estimate of drug-likeness (QED) is 0.341. The number of Topliss-reactive ketones (excluding diaryl/α,β-unsaturated/α-hetero) is 1. The van der Waals surface area contributed by atoms with Crippen molar-refractivity contribution < 1.29 is 28.3 Å². The van der Waals surface area contributed by atoms with Gasteiger partial charge in [-0.25, -0.2) is 4.39 Å².